The van der Waals surface area contributed by atoms with E-state index in [1.54, 1.807) is 31.5 Å². The number of carbonyl (C=O) groups is 1. The monoisotopic (exact) mass is 291 g/mol. The number of carbonyl (C=O) groups excluding carboxylic acids is 1. The average Bonchev–Trinajstić information content (AvgIpc) is 3.02. The highest BCUT2D eigenvalue weighted by Crippen LogP contribution is 2.36. The molecule has 22 heavy (non-hydrogen) atoms. The summed E-state index contributed by atoms with van der Waals surface area (Å²) in [5.74, 6) is 0.486. The molecule has 0 saturated heterocycles. The van der Waals surface area contributed by atoms with Crippen LogP contribution >= 0.6 is 0 Å². The lowest BCUT2D eigenvalue weighted by Crippen LogP contribution is -2.05. The predicted octanol–water partition coefficient (Wildman–Crippen LogP) is 3.24. The molecule has 0 atom stereocenters. The highest BCUT2D eigenvalue weighted by molar-refractivity contribution is 5.99. The predicted molar refractivity (Wildman–Crippen MR) is 82.7 cm³/mol. The maximum absolute atomic E-state index is 11.4. The molecular formula is C17H13N3O2. The summed E-state index contributed by atoms with van der Waals surface area (Å²) >= 11 is 0. The van der Waals surface area contributed by atoms with Crippen molar-refractivity contribution in [2.45, 2.75) is 6.92 Å². The van der Waals surface area contributed by atoms with Crippen LogP contribution in [-0.2, 0) is 0 Å². The molecule has 0 radical (unpaired) electrons. The van der Waals surface area contributed by atoms with E-state index in [4.69, 9.17) is 10.00 Å². The molecule has 5 heteroatoms. The summed E-state index contributed by atoms with van der Waals surface area (Å²) in [4.78, 5) is 11.4. The second-order valence-electron chi connectivity index (χ2n) is 4.86. The summed E-state index contributed by atoms with van der Waals surface area (Å²) < 4.78 is 6.71. The molecule has 0 aliphatic carbocycles. The Hall–Kier alpha value is -3.13. The minimum atomic E-state index is -0.164. The van der Waals surface area contributed by atoms with Crippen molar-refractivity contribution in [2.75, 3.05) is 7.11 Å². The number of fused-ring (bicyclic) bond motifs is 1. The quantitative estimate of drug-likeness (QED) is 0.727. The van der Waals surface area contributed by atoms with E-state index in [-0.39, 0.29) is 5.91 Å². The standard InChI is InChI=1S/C17H13N3O2/c1-11(21)20-8-7-15(19-20)17-14-9-12(10-18)3-4-13(14)5-6-16(17)22-2/h3-9H,1-2H3. The lowest BCUT2D eigenvalue weighted by Gasteiger charge is -2.10. The van der Waals surface area contributed by atoms with E-state index >= 15 is 0 Å². The third kappa shape index (κ3) is 2.21. The molecular weight excluding hydrogens is 278 g/mol. The summed E-state index contributed by atoms with van der Waals surface area (Å²) in [7, 11) is 1.58. The van der Waals surface area contributed by atoms with Crippen molar-refractivity contribution in [3.63, 3.8) is 0 Å². The van der Waals surface area contributed by atoms with Gasteiger partial charge < -0.3 is 4.74 Å². The zero-order valence-corrected chi connectivity index (χ0v) is 12.2. The van der Waals surface area contributed by atoms with Crippen LogP contribution in [0.2, 0.25) is 0 Å². The molecule has 0 unspecified atom stereocenters. The van der Waals surface area contributed by atoms with Crippen LogP contribution in [0.15, 0.2) is 42.6 Å². The number of ether oxygens (including phenoxy) is 1. The maximum atomic E-state index is 11.4. The zero-order chi connectivity index (χ0) is 15.7. The van der Waals surface area contributed by atoms with Gasteiger partial charge in [0.2, 0.25) is 5.91 Å². The van der Waals surface area contributed by atoms with Gasteiger partial charge in [0.25, 0.3) is 0 Å². The van der Waals surface area contributed by atoms with Gasteiger partial charge in [-0.05, 0) is 35.0 Å². The molecule has 1 aromatic heterocycles. The van der Waals surface area contributed by atoms with Crippen LogP contribution in [0.1, 0.15) is 17.3 Å². The summed E-state index contributed by atoms with van der Waals surface area (Å²) in [6, 6.07) is 13.2. The van der Waals surface area contributed by atoms with Gasteiger partial charge >= 0.3 is 0 Å². The van der Waals surface area contributed by atoms with Gasteiger partial charge in [-0.15, -0.1) is 0 Å². The molecule has 0 fully saturated rings. The number of hydrogen-bond donors (Lipinski definition) is 0. The third-order valence-corrected chi connectivity index (χ3v) is 3.50. The number of aromatic nitrogens is 2. The van der Waals surface area contributed by atoms with E-state index in [2.05, 4.69) is 11.2 Å². The number of nitriles is 1. The first-order valence-corrected chi connectivity index (χ1v) is 6.72. The van der Waals surface area contributed by atoms with E-state index in [0.29, 0.717) is 17.0 Å². The first-order valence-electron chi connectivity index (χ1n) is 6.72. The summed E-state index contributed by atoms with van der Waals surface area (Å²) in [5, 5.41) is 15.3. The average molecular weight is 291 g/mol. The normalized spacial score (nSPS) is 10.4. The first-order chi connectivity index (χ1) is 10.6. The van der Waals surface area contributed by atoms with Crippen molar-refractivity contribution in [2.24, 2.45) is 0 Å². The van der Waals surface area contributed by atoms with Gasteiger partial charge in [0, 0.05) is 13.1 Å². The van der Waals surface area contributed by atoms with Crippen LogP contribution < -0.4 is 4.74 Å². The molecule has 0 aliphatic rings. The minimum absolute atomic E-state index is 0.164. The Morgan fingerprint density at radius 2 is 2.05 bits per heavy atom. The Morgan fingerprint density at radius 3 is 2.68 bits per heavy atom. The van der Waals surface area contributed by atoms with Crippen LogP contribution in [0.5, 0.6) is 5.75 Å². The fraction of sp³-hybridized carbons (Fsp3) is 0.118. The molecule has 3 aromatic rings. The fourth-order valence-corrected chi connectivity index (χ4v) is 2.44. The second-order valence-corrected chi connectivity index (χ2v) is 4.86. The number of rotatable bonds is 2. The summed E-state index contributed by atoms with van der Waals surface area (Å²) in [5.41, 5.74) is 1.97. The van der Waals surface area contributed by atoms with E-state index in [1.807, 2.05) is 18.2 Å². The molecule has 3 rings (SSSR count). The number of hydrogen-bond acceptors (Lipinski definition) is 4. The van der Waals surface area contributed by atoms with Crippen LogP contribution in [0.3, 0.4) is 0 Å². The molecule has 0 aliphatic heterocycles. The summed E-state index contributed by atoms with van der Waals surface area (Å²) in [6.07, 6.45) is 1.62. The van der Waals surface area contributed by atoms with Crippen molar-refractivity contribution in [1.29, 1.82) is 5.26 Å². The Balaban J connectivity index is 2.33. The van der Waals surface area contributed by atoms with Gasteiger partial charge in [-0.1, -0.05) is 12.1 Å². The Bertz CT molecular complexity index is 919. The van der Waals surface area contributed by atoms with Gasteiger partial charge in [-0.25, -0.2) is 4.68 Å². The van der Waals surface area contributed by atoms with Crippen molar-refractivity contribution < 1.29 is 9.53 Å². The molecule has 108 valence electrons. The van der Waals surface area contributed by atoms with Crippen LogP contribution in [0.4, 0.5) is 0 Å². The third-order valence-electron chi connectivity index (χ3n) is 3.50. The van der Waals surface area contributed by atoms with Crippen molar-refractivity contribution in [3.8, 4) is 23.1 Å². The SMILES string of the molecule is COc1ccc2ccc(C#N)cc2c1-c1ccn(C(C)=O)n1. The molecule has 2 aromatic carbocycles. The van der Waals surface area contributed by atoms with E-state index in [1.165, 1.54) is 11.6 Å². The zero-order valence-electron chi connectivity index (χ0n) is 12.2. The van der Waals surface area contributed by atoms with Crippen molar-refractivity contribution in [1.82, 2.24) is 9.78 Å². The van der Waals surface area contributed by atoms with Gasteiger partial charge in [-0.3, -0.25) is 4.79 Å². The molecule has 0 spiro atoms. The van der Waals surface area contributed by atoms with Gasteiger partial charge in [0.15, 0.2) is 0 Å². The van der Waals surface area contributed by atoms with E-state index < -0.39 is 0 Å². The van der Waals surface area contributed by atoms with Gasteiger partial charge in [-0.2, -0.15) is 10.4 Å². The van der Waals surface area contributed by atoms with Crippen LogP contribution in [0.25, 0.3) is 22.0 Å². The highest BCUT2D eigenvalue weighted by atomic mass is 16.5. The Kier molecular flexibility index (Phi) is 3.36. The maximum Gasteiger partial charge on any atom is 0.243 e. The molecule has 5 nitrogen and oxygen atoms in total. The Labute approximate surface area is 127 Å². The largest absolute Gasteiger partial charge is 0.496 e. The number of methoxy groups -OCH3 is 1. The molecule has 0 bridgehead atoms. The Morgan fingerprint density at radius 1 is 1.27 bits per heavy atom. The smallest absolute Gasteiger partial charge is 0.243 e. The van der Waals surface area contributed by atoms with Crippen LogP contribution in [-0.4, -0.2) is 22.8 Å². The number of benzene rings is 2. The topological polar surface area (TPSA) is 67.9 Å². The van der Waals surface area contributed by atoms with Gasteiger partial charge in [0.05, 0.1) is 30.0 Å². The van der Waals surface area contributed by atoms with Gasteiger partial charge in [0.1, 0.15) is 5.75 Å². The molecule has 0 amide bonds. The van der Waals surface area contributed by atoms with E-state index in [9.17, 15) is 4.79 Å². The fourth-order valence-electron chi connectivity index (χ4n) is 2.44. The van der Waals surface area contributed by atoms with Crippen molar-refractivity contribution >= 4 is 16.7 Å². The van der Waals surface area contributed by atoms with E-state index in [0.717, 1.165) is 16.3 Å². The molecule has 0 N–H and O–H groups in total. The molecule has 1 heterocycles. The van der Waals surface area contributed by atoms with Crippen molar-refractivity contribution in [3.05, 3.63) is 48.2 Å². The second kappa shape index (κ2) is 5.34. The first kappa shape index (κ1) is 13.8. The van der Waals surface area contributed by atoms with Crippen LogP contribution in [0, 0.1) is 11.3 Å². The minimum Gasteiger partial charge on any atom is -0.496 e. The molecule has 0 saturated carbocycles. The lowest BCUT2D eigenvalue weighted by molar-refractivity contribution is 0.0921. The lowest BCUT2D eigenvalue weighted by atomic mass is 9.99. The number of nitrogens with zero attached hydrogens (tertiary/aromatic N) is 3. The highest BCUT2D eigenvalue weighted by Gasteiger charge is 2.14. The summed E-state index contributed by atoms with van der Waals surface area (Å²) in [6.45, 7) is 1.45.